The number of hydrogen-bond acceptors (Lipinski definition) is 7. The SMILES string of the molecule is CCCC1N=C2C(=CN(CC3CC3)CN2CC)N1Cc1ccc(-c2ccccc2-c2nn[nH]n2)cc1. The summed E-state index contributed by atoms with van der Waals surface area (Å²) in [6.07, 6.45) is 7.51. The van der Waals surface area contributed by atoms with Gasteiger partial charge in [-0.2, -0.15) is 5.21 Å². The van der Waals surface area contributed by atoms with Crippen molar-refractivity contribution in [2.24, 2.45) is 10.9 Å². The Bertz CT molecular complexity index is 1240. The molecular formula is C28H34N8. The van der Waals surface area contributed by atoms with Gasteiger partial charge >= 0.3 is 0 Å². The van der Waals surface area contributed by atoms with Crippen LogP contribution in [0.2, 0.25) is 0 Å². The number of hydrogen-bond donors (Lipinski definition) is 1. The molecule has 1 aliphatic carbocycles. The van der Waals surface area contributed by atoms with Crippen molar-refractivity contribution in [1.82, 2.24) is 35.3 Å². The number of H-pyrrole nitrogens is 1. The first kappa shape index (κ1) is 22.8. The molecule has 1 atom stereocenters. The quantitative estimate of drug-likeness (QED) is 0.476. The van der Waals surface area contributed by atoms with E-state index in [0.717, 1.165) is 61.8 Å². The first-order chi connectivity index (χ1) is 17.7. The predicted molar refractivity (Wildman–Crippen MR) is 141 cm³/mol. The maximum absolute atomic E-state index is 5.21. The van der Waals surface area contributed by atoms with Crippen LogP contribution in [0, 0.1) is 5.92 Å². The molecule has 0 bridgehead atoms. The second kappa shape index (κ2) is 9.76. The van der Waals surface area contributed by atoms with Crippen LogP contribution in [0.1, 0.15) is 45.1 Å². The van der Waals surface area contributed by atoms with Crippen molar-refractivity contribution in [1.29, 1.82) is 0 Å². The van der Waals surface area contributed by atoms with Crippen LogP contribution in [-0.4, -0.2) is 67.1 Å². The number of nitrogens with zero attached hydrogens (tertiary/aromatic N) is 7. The highest BCUT2D eigenvalue weighted by Crippen LogP contribution is 2.35. The van der Waals surface area contributed by atoms with Crippen LogP contribution >= 0.6 is 0 Å². The lowest BCUT2D eigenvalue weighted by molar-refractivity contribution is 0.214. The highest BCUT2D eigenvalue weighted by molar-refractivity contribution is 6.00. The fourth-order valence-electron chi connectivity index (χ4n) is 5.30. The minimum Gasteiger partial charge on any atom is -0.358 e. The number of benzene rings is 2. The molecule has 1 unspecified atom stereocenters. The molecule has 2 aromatic carbocycles. The second-order valence-electron chi connectivity index (χ2n) is 10.1. The van der Waals surface area contributed by atoms with E-state index in [2.05, 4.69) is 85.7 Å². The van der Waals surface area contributed by atoms with Gasteiger partial charge in [-0.25, -0.2) is 4.99 Å². The molecule has 0 spiro atoms. The Morgan fingerprint density at radius 2 is 1.81 bits per heavy atom. The fraction of sp³-hybridized carbons (Fsp3) is 0.429. The summed E-state index contributed by atoms with van der Waals surface area (Å²) >= 11 is 0. The number of aliphatic imine (C=N–C) groups is 1. The average Bonchev–Trinajstić information content (AvgIpc) is 3.42. The van der Waals surface area contributed by atoms with Gasteiger partial charge in [-0.15, -0.1) is 10.2 Å². The lowest BCUT2D eigenvalue weighted by atomic mass is 9.98. The van der Waals surface area contributed by atoms with Crippen LogP contribution in [0.5, 0.6) is 0 Å². The number of tetrazole rings is 1. The Kier molecular flexibility index (Phi) is 6.17. The molecule has 1 saturated carbocycles. The van der Waals surface area contributed by atoms with Crippen LogP contribution in [0.15, 0.2) is 65.4 Å². The fourth-order valence-corrected chi connectivity index (χ4v) is 5.30. The third kappa shape index (κ3) is 4.47. The Labute approximate surface area is 212 Å². The van der Waals surface area contributed by atoms with Gasteiger partial charge < -0.3 is 14.7 Å². The number of aromatic amines is 1. The van der Waals surface area contributed by atoms with Gasteiger partial charge in [0.1, 0.15) is 6.17 Å². The number of aromatic nitrogens is 4. The molecular weight excluding hydrogens is 448 g/mol. The van der Waals surface area contributed by atoms with Gasteiger partial charge in [0, 0.05) is 31.4 Å². The molecule has 8 nitrogen and oxygen atoms in total. The van der Waals surface area contributed by atoms with E-state index < -0.39 is 0 Å². The lowest BCUT2D eigenvalue weighted by Crippen LogP contribution is -2.46. The number of amidine groups is 1. The van der Waals surface area contributed by atoms with E-state index in [-0.39, 0.29) is 6.17 Å². The highest BCUT2D eigenvalue weighted by Gasteiger charge is 2.37. The van der Waals surface area contributed by atoms with E-state index in [1.807, 2.05) is 18.2 Å². The third-order valence-corrected chi connectivity index (χ3v) is 7.38. The zero-order valence-corrected chi connectivity index (χ0v) is 21.1. The Morgan fingerprint density at radius 1 is 1.00 bits per heavy atom. The Morgan fingerprint density at radius 3 is 2.50 bits per heavy atom. The van der Waals surface area contributed by atoms with Gasteiger partial charge in [-0.3, -0.25) is 0 Å². The van der Waals surface area contributed by atoms with E-state index in [4.69, 9.17) is 4.99 Å². The first-order valence-corrected chi connectivity index (χ1v) is 13.2. The van der Waals surface area contributed by atoms with Gasteiger partial charge in [0.2, 0.25) is 5.82 Å². The molecule has 8 heteroatoms. The van der Waals surface area contributed by atoms with Crippen LogP contribution < -0.4 is 0 Å². The summed E-state index contributed by atoms with van der Waals surface area (Å²) in [6, 6.07) is 17.1. The largest absolute Gasteiger partial charge is 0.358 e. The van der Waals surface area contributed by atoms with Crippen molar-refractivity contribution in [3.8, 4) is 22.5 Å². The second-order valence-corrected chi connectivity index (χ2v) is 10.1. The number of fused-ring (bicyclic) bond motifs is 1. The lowest BCUT2D eigenvalue weighted by Gasteiger charge is -2.38. The van der Waals surface area contributed by atoms with E-state index in [9.17, 15) is 0 Å². The number of rotatable bonds is 9. The van der Waals surface area contributed by atoms with Gasteiger partial charge in [-0.05, 0) is 54.0 Å². The molecule has 6 rings (SSSR count). The molecule has 3 aromatic rings. The molecule has 3 aliphatic rings. The summed E-state index contributed by atoms with van der Waals surface area (Å²) < 4.78 is 0. The normalized spacial score (nSPS) is 19.4. The topological polar surface area (TPSA) is 76.5 Å². The molecule has 3 heterocycles. The maximum Gasteiger partial charge on any atom is 0.205 e. The predicted octanol–water partition coefficient (Wildman–Crippen LogP) is 4.72. The molecule has 36 heavy (non-hydrogen) atoms. The van der Waals surface area contributed by atoms with Gasteiger partial charge in [-0.1, -0.05) is 61.9 Å². The Hall–Kier alpha value is -3.68. The smallest absolute Gasteiger partial charge is 0.205 e. The zero-order valence-electron chi connectivity index (χ0n) is 21.1. The summed E-state index contributed by atoms with van der Waals surface area (Å²) in [6.45, 7) is 8.44. The Balaban J connectivity index is 1.26. The van der Waals surface area contributed by atoms with E-state index >= 15 is 0 Å². The summed E-state index contributed by atoms with van der Waals surface area (Å²) in [4.78, 5) is 12.7. The molecule has 0 saturated heterocycles. The van der Waals surface area contributed by atoms with Crippen LogP contribution in [-0.2, 0) is 6.54 Å². The van der Waals surface area contributed by atoms with Crippen LogP contribution in [0.25, 0.3) is 22.5 Å². The standard InChI is InChI=1S/C28H34N8/c1-3-7-26-29-28-25(18-34(16-20-10-11-20)19-35(28)4-2)36(26)17-21-12-14-22(15-13-21)23-8-5-6-9-24(23)27-30-32-33-31-27/h5-6,8-9,12-15,18,20,26H,3-4,7,10-11,16-17,19H2,1-2H3,(H,30,31,32,33). The molecule has 0 radical (unpaired) electrons. The van der Waals surface area contributed by atoms with E-state index in [1.165, 1.54) is 29.9 Å². The molecule has 0 amide bonds. The van der Waals surface area contributed by atoms with E-state index in [0.29, 0.717) is 5.82 Å². The van der Waals surface area contributed by atoms with Gasteiger partial charge in [0.25, 0.3) is 0 Å². The molecule has 1 aromatic heterocycles. The minimum absolute atomic E-state index is 0.199. The van der Waals surface area contributed by atoms with Crippen LogP contribution in [0.4, 0.5) is 0 Å². The third-order valence-electron chi connectivity index (χ3n) is 7.38. The summed E-state index contributed by atoms with van der Waals surface area (Å²) in [5, 5.41) is 14.7. The summed E-state index contributed by atoms with van der Waals surface area (Å²) in [5.74, 6) is 2.65. The van der Waals surface area contributed by atoms with E-state index in [1.54, 1.807) is 0 Å². The van der Waals surface area contributed by atoms with Crippen molar-refractivity contribution in [2.75, 3.05) is 19.8 Å². The highest BCUT2D eigenvalue weighted by atomic mass is 15.5. The average molecular weight is 483 g/mol. The van der Waals surface area contributed by atoms with Crippen molar-refractivity contribution >= 4 is 5.84 Å². The number of likely N-dealkylation sites (N-methyl/N-ethyl adjacent to an activating group) is 1. The monoisotopic (exact) mass is 482 g/mol. The summed E-state index contributed by atoms with van der Waals surface area (Å²) in [5.41, 5.74) is 5.80. The van der Waals surface area contributed by atoms with Crippen molar-refractivity contribution in [3.63, 3.8) is 0 Å². The maximum atomic E-state index is 5.21. The van der Waals surface area contributed by atoms with Crippen LogP contribution in [0.3, 0.4) is 0 Å². The number of nitrogens with one attached hydrogen (secondary N) is 1. The van der Waals surface area contributed by atoms with Gasteiger partial charge in [0.05, 0.1) is 12.4 Å². The minimum atomic E-state index is 0.199. The van der Waals surface area contributed by atoms with Crippen molar-refractivity contribution in [2.45, 2.75) is 52.2 Å². The summed E-state index contributed by atoms with van der Waals surface area (Å²) in [7, 11) is 0. The van der Waals surface area contributed by atoms with Crippen molar-refractivity contribution in [3.05, 3.63) is 66.0 Å². The molecule has 2 aliphatic heterocycles. The zero-order chi connectivity index (χ0) is 24.5. The first-order valence-electron chi connectivity index (χ1n) is 13.2. The van der Waals surface area contributed by atoms with Gasteiger partial charge in [0.15, 0.2) is 5.84 Å². The molecule has 1 N–H and O–H groups in total. The molecule has 186 valence electrons. The van der Waals surface area contributed by atoms with Crippen molar-refractivity contribution < 1.29 is 0 Å². The molecule has 1 fully saturated rings.